The molecule has 2 N–H and O–H groups in total. The van der Waals surface area contributed by atoms with Crippen molar-refractivity contribution in [2.24, 2.45) is 0 Å². The van der Waals surface area contributed by atoms with Gasteiger partial charge in [0.05, 0.1) is 24.8 Å². The Kier molecular flexibility index (Phi) is 4.96. The fourth-order valence-corrected chi connectivity index (χ4v) is 1.43. The van der Waals surface area contributed by atoms with Crippen LogP contribution < -0.4 is 10.1 Å². The number of anilines is 1. The Hall–Kier alpha value is -1.07. The molecule has 1 aromatic rings. The van der Waals surface area contributed by atoms with Crippen LogP contribution >= 0.6 is 11.6 Å². The predicted octanol–water partition coefficient (Wildman–Crippen LogP) is 2.29. The van der Waals surface area contributed by atoms with Crippen LogP contribution in [0, 0.1) is 18.6 Å². The maximum Gasteiger partial charge on any atom is 0.182 e. The lowest BCUT2D eigenvalue weighted by Crippen LogP contribution is -2.21. The molecule has 17 heavy (non-hydrogen) atoms. The van der Waals surface area contributed by atoms with Crippen molar-refractivity contribution in [1.82, 2.24) is 0 Å². The molecule has 1 atom stereocenters. The van der Waals surface area contributed by atoms with Gasteiger partial charge in [0.15, 0.2) is 11.6 Å². The average Bonchev–Trinajstić information content (AvgIpc) is 2.34. The highest BCUT2D eigenvalue weighted by atomic mass is 35.5. The lowest BCUT2D eigenvalue weighted by Gasteiger charge is -2.14. The highest BCUT2D eigenvalue weighted by molar-refractivity contribution is 6.18. The van der Waals surface area contributed by atoms with Gasteiger partial charge >= 0.3 is 0 Å². The quantitative estimate of drug-likeness (QED) is 0.803. The molecule has 1 unspecified atom stereocenters. The van der Waals surface area contributed by atoms with Gasteiger partial charge in [0.25, 0.3) is 0 Å². The zero-order valence-electron chi connectivity index (χ0n) is 9.56. The first kappa shape index (κ1) is 14.0. The van der Waals surface area contributed by atoms with E-state index in [4.69, 9.17) is 16.3 Å². The molecule has 6 heteroatoms. The van der Waals surface area contributed by atoms with Crippen molar-refractivity contribution in [3.63, 3.8) is 0 Å². The van der Waals surface area contributed by atoms with Crippen LogP contribution in [0.15, 0.2) is 6.07 Å². The first-order valence-corrected chi connectivity index (χ1v) is 5.55. The van der Waals surface area contributed by atoms with E-state index in [2.05, 4.69) is 5.32 Å². The SMILES string of the molecule is COc1cc(NCC(O)CCl)c(F)c(F)c1C. The minimum Gasteiger partial charge on any atom is -0.496 e. The Morgan fingerprint density at radius 3 is 2.65 bits per heavy atom. The van der Waals surface area contributed by atoms with Crippen LogP contribution in [0.2, 0.25) is 0 Å². The highest BCUT2D eigenvalue weighted by Crippen LogP contribution is 2.29. The molecule has 0 spiro atoms. The van der Waals surface area contributed by atoms with Gasteiger partial charge in [-0.1, -0.05) is 0 Å². The minimum atomic E-state index is -0.995. The summed E-state index contributed by atoms with van der Waals surface area (Å²) >= 11 is 5.39. The van der Waals surface area contributed by atoms with Gasteiger partial charge in [0, 0.05) is 18.2 Å². The monoisotopic (exact) mass is 265 g/mol. The van der Waals surface area contributed by atoms with Crippen LogP contribution in [-0.2, 0) is 0 Å². The fraction of sp³-hybridized carbons (Fsp3) is 0.455. The number of halogens is 3. The third-order valence-electron chi connectivity index (χ3n) is 2.33. The molecule has 0 saturated carbocycles. The van der Waals surface area contributed by atoms with Gasteiger partial charge in [-0.3, -0.25) is 0 Å². The molecule has 96 valence electrons. The van der Waals surface area contributed by atoms with Gasteiger partial charge in [0.2, 0.25) is 0 Å². The molecular formula is C11H14ClF2NO2. The zero-order valence-corrected chi connectivity index (χ0v) is 10.3. The van der Waals surface area contributed by atoms with E-state index in [1.165, 1.54) is 20.1 Å². The summed E-state index contributed by atoms with van der Waals surface area (Å²) in [4.78, 5) is 0. The summed E-state index contributed by atoms with van der Waals surface area (Å²) in [6.45, 7) is 1.46. The van der Waals surface area contributed by atoms with Crippen LogP contribution in [0.5, 0.6) is 5.75 Å². The van der Waals surface area contributed by atoms with E-state index < -0.39 is 17.7 Å². The Balaban J connectivity index is 2.96. The molecule has 0 aliphatic rings. The van der Waals surface area contributed by atoms with Crippen molar-refractivity contribution in [2.45, 2.75) is 13.0 Å². The van der Waals surface area contributed by atoms with E-state index in [1.54, 1.807) is 0 Å². The summed E-state index contributed by atoms with van der Waals surface area (Å²) in [6.07, 6.45) is -0.827. The summed E-state index contributed by atoms with van der Waals surface area (Å²) in [7, 11) is 1.37. The molecule has 0 heterocycles. The van der Waals surface area contributed by atoms with Crippen LogP contribution in [0.4, 0.5) is 14.5 Å². The van der Waals surface area contributed by atoms with E-state index in [0.717, 1.165) is 0 Å². The molecule has 1 aromatic carbocycles. The largest absolute Gasteiger partial charge is 0.496 e. The lowest BCUT2D eigenvalue weighted by atomic mass is 10.1. The molecule has 1 rings (SSSR count). The number of hydrogen-bond acceptors (Lipinski definition) is 3. The molecule has 0 saturated heterocycles. The summed E-state index contributed by atoms with van der Waals surface area (Å²) in [5.74, 6) is -1.70. The van der Waals surface area contributed by atoms with Gasteiger partial charge in [-0.05, 0) is 6.92 Å². The van der Waals surface area contributed by atoms with E-state index >= 15 is 0 Å². The zero-order chi connectivity index (χ0) is 13.0. The van der Waals surface area contributed by atoms with Gasteiger partial charge in [-0.2, -0.15) is 0 Å². The van der Waals surface area contributed by atoms with Crippen molar-refractivity contribution in [3.05, 3.63) is 23.3 Å². The van der Waals surface area contributed by atoms with Gasteiger partial charge in [0.1, 0.15) is 5.75 Å². The number of nitrogens with one attached hydrogen (secondary N) is 1. The predicted molar refractivity (Wildman–Crippen MR) is 62.9 cm³/mol. The number of hydrogen-bond donors (Lipinski definition) is 2. The highest BCUT2D eigenvalue weighted by Gasteiger charge is 2.16. The molecule has 0 radical (unpaired) electrons. The smallest absolute Gasteiger partial charge is 0.182 e. The maximum atomic E-state index is 13.5. The second kappa shape index (κ2) is 6.02. The second-order valence-electron chi connectivity index (χ2n) is 3.57. The van der Waals surface area contributed by atoms with Crippen LogP contribution in [0.3, 0.4) is 0 Å². The summed E-state index contributed by atoms with van der Waals surface area (Å²) in [6, 6.07) is 1.34. The summed E-state index contributed by atoms with van der Waals surface area (Å²) in [5.41, 5.74) is 0.0440. The van der Waals surface area contributed by atoms with Crippen LogP contribution in [0.25, 0.3) is 0 Å². The van der Waals surface area contributed by atoms with Crippen molar-refractivity contribution in [1.29, 1.82) is 0 Å². The molecule has 0 aromatic heterocycles. The number of aliphatic hydroxyl groups is 1. The number of methoxy groups -OCH3 is 1. The fourth-order valence-electron chi connectivity index (χ4n) is 1.32. The van der Waals surface area contributed by atoms with Crippen LogP contribution in [-0.4, -0.2) is 30.7 Å². The van der Waals surface area contributed by atoms with Crippen molar-refractivity contribution >= 4 is 17.3 Å². The standard InChI is InChI=1S/C11H14ClF2NO2/c1-6-9(17-2)3-8(11(14)10(6)13)15-5-7(16)4-12/h3,7,15-16H,4-5H2,1-2H3. The molecule has 3 nitrogen and oxygen atoms in total. The number of aliphatic hydroxyl groups excluding tert-OH is 1. The molecule has 0 aliphatic heterocycles. The average molecular weight is 266 g/mol. The van der Waals surface area contributed by atoms with E-state index in [0.29, 0.717) is 0 Å². The van der Waals surface area contributed by atoms with Crippen molar-refractivity contribution in [3.8, 4) is 5.75 Å². The van der Waals surface area contributed by atoms with Crippen molar-refractivity contribution in [2.75, 3.05) is 24.9 Å². The first-order valence-electron chi connectivity index (χ1n) is 5.01. The number of alkyl halides is 1. The van der Waals surface area contributed by atoms with Crippen LogP contribution in [0.1, 0.15) is 5.56 Å². The topological polar surface area (TPSA) is 41.5 Å². The number of benzene rings is 1. The molecule has 0 amide bonds. The number of ether oxygens (including phenoxy) is 1. The minimum absolute atomic E-state index is 0.0140. The van der Waals surface area contributed by atoms with Gasteiger partial charge in [-0.25, -0.2) is 8.78 Å². The summed E-state index contributed by atoms with van der Waals surface area (Å²) < 4.78 is 31.9. The van der Waals surface area contributed by atoms with Gasteiger partial charge in [-0.15, -0.1) is 11.6 Å². The van der Waals surface area contributed by atoms with E-state index in [9.17, 15) is 13.9 Å². The number of rotatable bonds is 5. The lowest BCUT2D eigenvalue weighted by molar-refractivity contribution is 0.211. The molecule has 0 bridgehead atoms. The normalized spacial score (nSPS) is 12.4. The maximum absolute atomic E-state index is 13.5. The third-order valence-corrected chi connectivity index (χ3v) is 2.69. The van der Waals surface area contributed by atoms with E-state index in [1.807, 2.05) is 0 Å². The third kappa shape index (κ3) is 3.20. The molecular weight excluding hydrogens is 252 g/mol. The summed E-state index contributed by atoms with van der Waals surface area (Å²) in [5, 5.41) is 11.8. The van der Waals surface area contributed by atoms with Crippen molar-refractivity contribution < 1.29 is 18.6 Å². The Bertz CT molecular complexity index is 402. The Morgan fingerprint density at radius 2 is 2.12 bits per heavy atom. The molecule has 0 fully saturated rings. The van der Waals surface area contributed by atoms with E-state index in [-0.39, 0.29) is 29.4 Å². The first-order chi connectivity index (χ1) is 8.01. The second-order valence-corrected chi connectivity index (χ2v) is 3.88. The Morgan fingerprint density at radius 1 is 1.47 bits per heavy atom. The van der Waals surface area contributed by atoms with Gasteiger partial charge < -0.3 is 15.2 Å². The molecule has 0 aliphatic carbocycles. The Labute approximate surface area is 103 Å².